The molecule has 3 aromatic rings. The van der Waals surface area contributed by atoms with Gasteiger partial charge in [0.25, 0.3) is 0 Å². The average molecular weight is 299 g/mol. The predicted octanol–water partition coefficient (Wildman–Crippen LogP) is 3.31. The summed E-state index contributed by atoms with van der Waals surface area (Å²) >= 11 is 1.57. The zero-order valence-electron chi connectivity index (χ0n) is 11.3. The van der Waals surface area contributed by atoms with Crippen LogP contribution in [0.1, 0.15) is 21.1 Å². The number of benzene rings is 1. The van der Waals surface area contributed by atoms with Gasteiger partial charge in [0.2, 0.25) is 0 Å². The van der Waals surface area contributed by atoms with Crippen LogP contribution >= 0.6 is 11.3 Å². The first-order chi connectivity index (χ1) is 10.1. The molecule has 2 N–H and O–H groups in total. The van der Waals surface area contributed by atoms with E-state index >= 15 is 0 Å². The summed E-state index contributed by atoms with van der Waals surface area (Å²) in [6.45, 7) is 2.47. The smallest absolute Gasteiger partial charge is 0.336 e. The van der Waals surface area contributed by atoms with Crippen molar-refractivity contribution >= 4 is 34.0 Å². The molecule has 0 spiro atoms. The molecule has 21 heavy (non-hydrogen) atoms. The molecule has 106 valence electrons. The quantitative estimate of drug-likeness (QED) is 0.773. The molecule has 0 aliphatic rings. The van der Waals surface area contributed by atoms with Gasteiger partial charge in [-0.3, -0.25) is 0 Å². The SMILES string of the molecule is Cc1csc(CNc2cc(C(=O)O)c3ccccc3n2)n1. The zero-order chi connectivity index (χ0) is 14.8. The Labute approximate surface area is 125 Å². The van der Waals surface area contributed by atoms with Crippen LogP contribution in [0.4, 0.5) is 5.82 Å². The molecule has 0 aliphatic heterocycles. The number of hydrogen-bond donors (Lipinski definition) is 2. The van der Waals surface area contributed by atoms with E-state index in [4.69, 9.17) is 0 Å². The molecule has 0 atom stereocenters. The Balaban J connectivity index is 1.93. The Morgan fingerprint density at radius 3 is 2.86 bits per heavy atom. The molecule has 0 unspecified atom stereocenters. The number of fused-ring (bicyclic) bond motifs is 1. The van der Waals surface area contributed by atoms with Gasteiger partial charge in [0.1, 0.15) is 10.8 Å². The van der Waals surface area contributed by atoms with Crippen LogP contribution in [0, 0.1) is 6.92 Å². The van der Waals surface area contributed by atoms with E-state index < -0.39 is 5.97 Å². The van der Waals surface area contributed by atoms with Crippen molar-refractivity contribution in [3.63, 3.8) is 0 Å². The second kappa shape index (κ2) is 5.49. The summed E-state index contributed by atoms with van der Waals surface area (Å²) in [6, 6.07) is 8.78. The van der Waals surface area contributed by atoms with Gasteiger partial charge in [-0.15, -0.1) is 11.3 Å². The Hall–Kier alpha value is -2.47. The van der Waals surface area contributed by atoms with Crippen LogP contribution in [-0.4, -0.2) is 21.0 Å². The molecule has 0 amide bonds. The highest BCUT2D eigenvalue weighted by Crippen LogP contribution is 2.21. The van der Waals surface area contributed by atoms with Crippen molar-refractivity contribution in [2.75, 3.05) is 5.32 Å². The third-order valence-electron chi connectivity index (χ3n) is 3.03. The third-order valence-corrected chi connectivity index (χ3v) is 4.00. The fourth-order valence-electron chi connectivity index (χ4n) is 2.09. The van der Waals surface area contributed by atoms with E-state index in [9.17, 15) is 9.90 Å². The second-order valence-electron chi connectivity index (χ2n) is 4.61. The monoisotopic (exact) mass is 299 g/mol. The second-order valence-corrected chi connectivity index (χ2v) is 5.56. The highest BCUT2D eigenvalue weighted by molar-refractivity contribution is 7.09. The number of carboxylic acid groups (broad SMARTS) is 1. The lowest BCUT2D eigenvalue weighted by molar-refractivity contribution is 0.0699. The molecular weight excluding hydrogens is 286 g/mol. The zero-order valence-corrected chi connectivity index (χ0v) is 12.1. The number of para-hydroxylation sites is 1. The Morgan fingerprint density at radius 2 is 2.14 bits per heavy atom. The van der Waals surface area contributed by atoms with Crippen LogP contribution in [0.25, 0.3) is 10.9 Å². The van der Waals surface area contributed by atoms with E-state index in [1.54, 1.807) is 29.5 Å². The minimum Gasteiger partial charge on any atom is -0.478 e. The molecule has 3 rings (SSSR count). The highest BCUT2D eigenvalue weighted by atomic mass is 32.1. The molecular formula is C15H13N3O2S. The van der Waals surface area contributed by atoms with Crippen LogP contribution in [0.2, 0.25) is 0 Å². The maximum absolute atomic E-state index is 11.4. The Kier molecular flexibility index (Phi) is 3.53. The molecule has 0 saturated carbocycles. The van der Waals surface area contributed by atoms with Crippen molar-refractivity contribution in [2.24, 2.45) is 0 Å². The van der Waals surface area contributed by atoms with Crippen LogP contribution < -0.4 is 5.32 Å². The van der Waals surface area contributed by atoms with E-state index in [-0.39, 0.29) is 5.56 Å². The predicted molar refractivity (Wildman–Crippen MR) is 82.9 cm³/mol. The number of aromatic carboxylic acids is 1. The molecule has 0 radical (unpaired) electrons. The number of aryl methyl sites for hydroxylation is 1. The number of pyridine rings is 1. The molecule has 2 aromatic heterocycles. The summed E-state index contributed by atoms with van der Waals surface area (Å²) < 4.78 is 0. The summed E-state index contributed by atoms with van der Waals surface area (Å²) in [6.07, 6.45) is 0. The molecule has 1 aromatic carbocycles. The number of carbonyl (C=O) groups is 1. The van der Waals surface area contributed by atoms with Gasteiger partial charge in [-0.25, -0.2) is 14.8 Å². The molecule has 2 heterocycles. The number of hydrogen-bond acceptors (Lipinski definition) is 5. The lowest BCUT2D eigenvalue weighted by Crippen LogP contribution is -2.05. The lowest BCUT2D eigenvalue weighted by Gasteiger charge is -2.08. The summed E-state index contributed by atoms with van der Waals surface area (Å²) in [4.78, 5) is 20.2. The number of rotatable bonds is 4. The van der Waals surface area contributed by atoms with E-state index in [2.05, 4.69) is 15.3 Å². The van der Waals surface area contributed by atoms with Crippen molar-refractivity contribution in [3.8, 4) is 0 Å². The summed E-state index contributed by atoms with van der Waals surface area (Å²) in [5.74, 6) is -0.416. The number of thiazole rings is 1. The number of nitrogens with zero attached hydrogens (tertiary/aromatic N) is 2. The van der Waals surface area contributed by atoms with E-state index in [1.165, 1.54) is 0 Å². The van der Waals surface area contributed by atoms with Crippen molar-refractivity contribution < 1.29 is 9.90 Å². The average Bonchev–Trinajstić information content (AvgIpc) is 2.89. The standard InChI is InChI=1S/C15H13N3O2S/c1-9-8-21-14(17-9)7-16-13-6-11(15(19)20)10-4-2-3-5-12(10)18-13/h2-6,8H,7H2,1H3,(H,16,18)(H,19,20). The fraction of sp³-hybridized carbons (Fsp3) is 0.133. The van der Waals surface area contributed by atoms with Crippen LogP contribution in [0.5, 0.6) is 0 Å². The number of anilines is 1. The molecule has 0 aliphatic carbocycles. The van der Waals surface area contributed by atoms with Gasteiger partial charge in [-0.1, -0.05) is 18.2 Å². The molecule has 0 bridgehead atoms. The van der Waals surface area contributed by atoms with Gasteiger partial charge in [-0.05, 0) is 19.1 Å². The van der Waals surface area contributed by atoms with Gasteiger partial charge in [0.15, 0.2) is 0 Å². The van der Waals surface area contributed by atoms with E-state index in [0.29, 0.717) is 23.3 Å². The first-order valence-corrected chi connectivity index (χ1v) is 7.29. The summed E-state index contributed by atoms with van der Waals surface area (Å²) in [5, 5.41) is 16.0. The topological polar surface area (TPSA) is 75.1 Å². The summed E-state index contributed by atoms with van der Waals surface area (Å²) in [5.41, 5.74) is 1.89. The minimum atomic E-state index is -0.957. The van der Waals surface area contributed by atoms with Gasteiger partial charge < -0.3 is 10.4 Å². The Bertz CT molecular complexity index is 814. The van der Waals surface area contributed by atoms with Crippen LogP contribution in [0.15, 0.2) is 35.7 Å². The van der Waals surface area contributed by atoms with Gasteiger partial charge in [0, 0.05) is 16.5 Å². The van der Waals surface area contributed by atoms with Gasteiger partial charge in [-0.2, -0.15) is 0 Å². The first kappa shape index (κ1) is 13.5. The molecule has 5 nitrogen and oxygen atoms in total. The highest BCUT2D eigenvalue weighted by Gasteiger charge is 2.11. The van der Waals surface area contributed by atoms with Crippen molar-refractivity contribution in [3.05, 3.63) is 52.0 Å². The fourth-order valence-corrected chi connectivity index (χ4v) is 2.80. The Morgan fingerprint density at radius 1 is 1.33 bits per heavy atom. The minimum absolute atomic E-state index is 0.249. The third kappa shape index (κ3) is 2.85. The first-order valence-electron chi connectivity index (χ1n) is 6.41. The van der Waals surface area contributed by atoms with E-state index in [1.807, 2.05) is 24.4 Å². The van der Waals surface area contributed by atoms with Crippen molar-refractivity contribution in [2.45, 2.75) is 13.5 Å². The molecule has 0 fully saturated rings. The largest absolute Gasteiger partial charge is 0.478 e. The lowest BCUT2D eigenvalue weighted by atomic mass is 10.1. The number of aromatic nitrogens is 2. The number of carboxylic acids is 1. The normalized spacial score (nSPS) is 10.7. The molecule has 6 heteroatoms. The maximum Gasteiger partial charge on any atom is 0.336 e. The number of nitrogens with one attached hydrogen (secondary N) is 1. The van der Waals surface area contributed by atoms with Crippen LogP contribution in [0.3, 0.4) is 0 Å². The summed E-state index contributed by atoms with van der Waals surface area (Å²) in [7, 11) is 0. The maximum atomic E-state index is 11.4. The van der Waals surface area contributed by atoms with E-state index in [0.717, 1.165) is 10.7 Å². The van der Waals surface area contributed by atoms with Crippen molar-refractivity contribution in [1.29, 1.82) is 0 Å². The van der Waals surface area contributed by atoms with Gasteiger partial charge >= 0.3 is 5.97 Å². The van der Waals surface area contributed by atoms with Crippen molar-refractivity contribution in [1.82, 2.24) is 9.97 Å². The molecule has 0 saturated heterocycles. The van der Waals surface area contributed by atoms with Gasteiger partial charge in [0.05, 0.1) is 17.6 Å². The van der Waals surface area contributed by atoms with Crippen LogP contribution in [-0.2, 0) is 6.54 Å².